The highest BCUT2D eigenvalue weighted by Crippen LogP contribution is 2.33. The Morgan fingerprint density at radius 3 is 2.57 bits per heavy atom. The van der Waals surface area contributed by atoms with Crippen molar-refractivity contribution in [3.05, 3.63) is 76.3 Å². The standard InChI is InChI=1S/C21H16ClN3O3S2/c1-2-25-20(26)19(13-16-10-7-14-5-3-4-6-18(14)23-16)29-21(25)24-30(27,28)17-11-8-15(22)9-12-17/h3-13H,2H2,1H3. The average Bonchev–Trinajstić information content (AvgIpc) is 3.01. The van der Waals surface area contributed by atoms with Crippen molar-refractivity contribution in [2.75, 3.05) is 6.54 Å². The van der Waals surface area contributed by atoms with E-state index in [-0.39, 0.29) is 16.0 Å². The minimum atomic E-state index is -3.98. The van der Waals surface area contributed by atoms with Gasteiger partial charge in [-0.05, 0) is 61.2 Å². The maximum atomic E-state index is 12.8. The normalized spacial score (nSPS) is 17.4. The predicted octanol–water partition coefficient (Wildman–Crippen LogP) is 4.57. The van der Waals surface area contributed by atoms with Crippen LogP contribution in [0.15, 0.2) is 74.9 Å². The van der Waals surface area contributed by atoms with Gasteiger partial charge in [0.25, 0.3) is 15.9 Å². The Kier molecular flexibility index (Phi) is 5.64. The van der Waals surface area contributed by atoms with Gasteiger partial charge < -0.3 is 0 Å². The number of hydrogen-bond donors (Lipinski definition) is 0. The van der Waals surface area contributed by atoms with E-state index in [9.17, 15) is 13.2 Å². The van der Waals surface area contributed by atoms with Crippen LogP contribution in [0.4, 0.5) is 0 Å². The summed E-state index contributed by atoms with van der Waals surface area (Å²) in [5.41, 5.74) is 1.43. The second-order valence-electron chi connectivity index (χ2n) is 6.39. The molecule has 2 heterocycles. The molecule has 0 spiro atoms. The van der Waals surface area contributed by atoms with E-state index in [1.54, 1.807) is 13.0 Å². The van der Waals surface area contributed by atoms with Gasteiger partial charge in [0, 0.05) is 17.0 Å². The third-order valence-electron chi connectivity index (χ3n) is 4.41. The van der Waals surface area contributed by atoms with Crippen LogP contribution in [-0.2, 0) is 14.8 Å². The molecule has 0 unspecified atom stereocenters. The number of benzene rings is 2. The molecule has 0 atom stereocenters. The fraction of sp³-hybridized carbons (Fsp3) is 0.0952. The van der Waals surface area contributed by atoms with Gasteiger partial charge in [-0.25, -0.2) is 4.98 Å². The number of likely N-dealkylation sites (N-methyl/N-ethyl adjacent to an activating group) is 1. The highest BCUT2D eigenvalue weighted by molar-refractivity contribution is 8.19. The maximum absolute atomic E-state index is 12.8. The topological polar surface area (TPSA) is 79.7 Å². The Bertz CT molecular complexity index is 1300. The summed E-state index contributed by atoms with van der Waals surface area (Å²) in [6.07, 6.45) is 1.65. The summed E-state index contributed by atoms with van der Waals surface area (Å²) in [5.74, 6) is -0.303. The minimum absolute atomic E-state index is 0.0112. The number of para-hydroxylation sites is 1. The van der Waals surface area contributed by atoms with Crippen molar-refractivity contribution in [3.8, 4) is 0 Å². The number of aromatic nitrogens is 1. The number of rotatable bonds is 4. The van der Waals surface area contributed by atoms with Crippen molar-refractivity contribution in [1.29, 1.82) is 0 Å². The third kappa shape index (κ3) is 4.12. The van der Waals surface area contributed by atoms with Crippen molar-refractivity contribution in [1.82, 2.24) is 9.88 Å². The van der Waals surface area contributed by atoms with E-state index in [0.29, 0.717) is 22.2 Å². The molecule has 2 aromatic carbocycles. The fourth-order valence-corrected chi connectivity index (χ4v) is 5.27. The van der Waals surface area contributed by atoms with Gasteiger partial charge in [0.2, 0.25) is 0 Å². The zero-order valence-corrected chi connectivity index (χ0v) is 18.2. The zero-order chi connectivity index (χ0) is 21.3. The van der Waals surface area contributed by atoms with Crippen molar-refractivity contribution < 1.29 is 13.2 Å². The molecule has 0 aliphatic carbocycles. The van der Waals surface area contributed by atoms with Gasteiger partial charge >= 0.3 is 0 Å². The number of thioether (sulfide) groups is 1. The molecule has 1 aromatic heterocycles. The number of amidine groups is 1. The van der Waals surface area contributed by atoms with E-state index >= 15 is 0 Å². The summed E-state index contributed by atoms with van der Waals surface area (Å²) >= 11 is 6.85. The van der Waals surface area contributed by atoms with Crippen LogP contribution >= 0.6 is 23.4 Å². The molecule has 1 aliphatic rings. The summed E-state index contributed by atoms with van der Waals surface area (Å²) < 4.78 is 29.2. The Hall–Kier alpha value is -2.68. The summed E-state index contributed by atoms with van der Waals surface area (Å²) in [7, 11) is -3.98. The Morgan fingerprint density at radius 2 is 1.83 bits per heavy atom. The van der Waals surface area contributed by atoms with E-state index < -0.39 is 10.0 Å². The number of carbonyl (C=O) groups excluding carboxylic acids is 1. The Morgan fingerprint density at radius 1 is 1.10 bits per heavy atom. The zero-order valence-electron chi connectivity index (χ0n) is 15.8. The lowest BCUT2D eigenvalue weighted by Crippen LogP contribution is -2.29. The lowest BCUT2D eigenvalue weighted by Gasteiger charge is -2.11. The molecule has 4 rings (SSSR count). The maximum Gasteiger partial charge on any atom is 0.284 e. The van der Waals surface area contributed by atoms with Crippen LogP contribution in [0.3, 0.4) is 0 Å². The van der Waals surface area contributed by atoms with Gasteiger partial charge in [0.15, 0.2) is 5.17 Å². The summed E-state index contributed by atoms with van der Waals surface area (Å²) in [6, 6.07) is 17.2. The van der Waals surface area contributed by atoms with Gasteiger partial charge in [-0.1, -0.05) is 35.9 Å². The molecule has 0 saturated carbocycles. The molecule has 1 saturated heterocycles. The number of nitrogens with zero attached hydrogens (tertiary/aromatic N) is 3. The molecule has 1 fully saturated rings. The van der Waals surface area contributed by atoms with Crippen molar-refractivity contribution >= 4 is 61.4 Å². The molecule has 3 aromatic rings. The summed E-state index contributed by atoms with van der Waals surface area (Å²) in [4.78, 5) is 19.1. The van der Waals surface area contributed by atoms with Gasteiger partial charge in [0.05, 0.1) is 21.0 Å². The molecule has 0 radical (unpaired) electrons. The largest absolute Gasteiger partial charge is 0.286 e. The van der Waals surface area contributed by atoms with E-state index in [2.05, 4.69) is 9.38 Å². The van der Waals surface area contributed by atoms with Gasteiger partial charge in [0.1, 0.15) is 0 Å². The monoisotopic (exact) mass is 457 g/mol. The van der Waals surface area contributed by atoms with E-state index in [4.69, 9.17) is 11.6 Å². The molecule has 1 amide bonds. The fourth-order valence-electron chi connectivity index (χ4n) is 2.91. The first-order valence-corrected chi connectivity index (χ1v) is 11.7. The second-order valence-corrected chi connectivity index (χ2v) is 9.44. The highest BCUT2D eigenvalue weighted by atomic mass is 35.5. The SMILES string of the molecule is CCN1C(=O)C(=Cc2ccc3ccccc3n2)SC1=NS(=O)(=O)c1ccc(Cl)cc1. The highest BCUT2D eigenvalue weighted by Gasteiger charge is 2.34. The number of sulfonamides is 1. The van der Waals surface area contributed by atoms with Crippen LogP contribution in [0.25, 0.3) is 17.0 Å². The van der Waals surface area contributed by atoms with Crippen LogP contribution in [-0.4, -0.2) is 35.9 Å². The molecule has 6 nitrogen and oxygen atoms in total. The molecule has 30 heavy (non-hydrogen) atoms. The van der Waals surface area contributed by atoms with Crippen LogP contribution < -0.4 is 0 Å². The summed E-state index contributed by atoms with van der Waals surface area (Å²) in [5, 5.41) is 1.54. The third-order valence-corrected chi connectivity index (χ3v) is 7.07. The Labute approximate surface area is 183 Å². The molecule has 0 bridgehead atoms. The Balaban J connectivity index is 1.69. The van der Waals surface area contributed by atoms with Gasteiger partial charge in [-0.15, -0.1) is 4.40 Å². The van der Waals surface area contributed by atoms with Crippen LogP contribution in [0.1, 0.15) is 12.6 Å². The number of amides is 1. The first-order valence-electron chi connectivity index (χ1n) is 9.05. The predicted molar refractivity (Wildman–Crippen MR) is 121 cm³/mol. The van der Waals surface area contributed by atoms with E-state index in [1.807, 2.05) is 36.4 Å². The van der Waals surface area contributed by atoms with Crippen molar-refractivity contribution in [2.24, 2.45) is 4.40 Å². The molecule has 152 valence electrons. The number of pyridine rings is 1. The van der Waals surface area contributed by atoms with Crippen LogP contribution in [0, 0.1) is 0 Å². The number of halogens is 1. The lowest BCUT2D eigenvalue weighted by molar-refractivity contribution is -0.122. The quantitative estimate of drug-likeness (QED) is 0.536. The van der Waals surface area contributed by atoms with E-state index in [1.165, 1.54) is 29.2 Å². The van der Waals surface area contributed by atoms with Gasteiger partial charge in [-0.3, -0.25) is 9.69 Å². The average molecular weight is 458 g/mol. The van der Waals surface area contributed by atoms with Crippen molar-refractivity contribution in [2.45, 2.75) is 11.8 Å². The van der Waals surface area contributed by atoms with Gasteiger partial charge in [-0.2, -0.15) is 8.42 Å². The minimum Gasteiger partial charge on any atom is -0.286 e. The first kappa shape index (κ1) is 20.6. The number of fused-ring (bicyclic) bond motifs is 1. The molecule has 9 heteroatoms. The molecule has 0 N–H and O–H groups in total. The number of carbonyl (C=O) groups is 1. The van der Waals surface area contributed by atoms with E-state index in [0.717, 1.165) is 22.7 Å². The van der Waals surface area contributed by atoms with Crippen LogP contribution in [0.2, 0.25) is 5.02 Å². The lowest BCUT2D eigenvalue weighted by atomic mass is 10.2. The first-order chi connectivity index (χ1) is 14.4. The number of hydrogen-bond acceptors (Lipinski definition) is 5. The second kappa shape index (κ2) is 8.22. The van der Waals surface area contributed by atoms with Crippen LogP contribution in [0.5, 0.6) is 0 Å². The molecule has 1 aliphatic heterocycles. The smallest absolute Gasteiger partial charge is 0.284 e. The molecular formula is C21H16ClN3O3S2. The van der Waals surface area contributed by atoms with Crippen molar-refractivity contribution in [3.63, 3.8) is 0 Å². The summed E-state index contributed by atoms with van der Waals surface area (Å²) in [6.45, 7) is 2.06. The molecular weight excluding hydrogens is 442 g/mol.